The van der Waals surface area contributed by atoms with Crippen LogP contribution < -0.4 is 10.6 Å². The van der Waals surface area contributed by atoms with E-state index in [9.17, 15) is 13.2 Å². The summed E-state index contributed by atoms with van der Waals surface area (Å²) in [4.78, 5) is 12.8. The molecular weight excluding hydrogens is 340 g/mol. The van der Waals surface area contributed by atoms with Gasteiger partial charge in [-0.3, -0.25) is 9.48 Å². The zero-order valence-corrected chi connectivity index (χ0v) is 14.5. The Kier molecular flexibility index (Phi) is 4.09. The number of benzene rings is 1. The van der Waals surface area contributed by atoms with E-state index in [0.29, 0.717) is 16.2 Å². The van der Waals surface area contributed by atoms with Crippen molar-refractivity contribution in [3.63, 3.8) is 0 Å². The quantitative estimate of drug-likeness (QED) is 0.854. The number of carbonyl (C=O) groups is 1. The summed E-state index contributed by atoms with van der Waals surface area (Å²) in [6.07, 6.45) is 3.93. The molecule has 0 aliphatic carbocycles. The van der Waals surface area contributed by atoms with Crippen LogP contribution in [0.2, 0.25) is 0 Å². The van der Waals surface area contributed by atoms with Crippen molar-refractivity contribution < 1.29 is 13.2 Å². The lowest BCUT2D eigenvalue weighted by molar-refractivity contribution is 0.0934. The predicted molar refractivity (Wildman–Crippen MR) is 92.1 cm³/mol. The van der Waals surface area contributed by atoms with E-state index in [1.807, 2.05) is 10.9 Å². The number of amides is 1. The summed E-state index contributed by atoms with van der Waals surface area (Å²) in [5, 5.41) is 10.5. The lowest BCUT2D eigenvalue weighted by Crippen LogP contribution is -2.32. The Hall–Kier alpha value is -2.19. The van der Waals surface area contributed by atoms with Crippen LogP contribution in [0.25, 0.3) is 0 Å². The first-order chi connectivity index (χ1) is 12.0. The predicted octanol–water partition coefficient (Wildman–Crippen LogP) is 1.07. The summed E-state index contributed by atoms with van der Waals surface area (Å²) in [5.74, 6) is -0.454. The molecule has 4 rings (SSSR count). The van der Waals surface area contributed by atoms with Crippen LogP contribution in [0, 0.1) is 0 Å². The molecule has 0 spiro atoms. The Morgan fingerprint density at radius 1 is 1.28 bits per heavy atom. The van der Waals surface area contributed by atoms with Gasteiger partial charge >= 0.3 is 0 Å². The standard InChI is InChI=1S/C17H20N4O3S/c22-17(14-7-9-21(20-14)12-4-3-8-18-10-12)19-15-11-25(23,24)16-6-2-1-5-13(15)16/h1-2,5-7,9,12,15,18H,3-4,8,10-11H2,(H,19,22). The number of aromatic nitrogens is 2. The van der Waals surface area contributed by atoms with Gasteiger partial charge in [0.1, 0.15) is 5.69 Å². The van der Waals surface area contributed by atoms with Crippen LogP contribution in [0.1, 0.15) is 41.0 Å². The fourth-order valence-electron chi connectivity index (χ4n) is 3.52. The molecule has 8 heteroatoms. The smallest absolute Gasteiger partial charge is 0.272 e. The van der Waals surface area contributed by atoms with Crippen LogP contribution >= 0.6 is 0 Å². The maximum Gasteiger partial charge on any atom is 0.272 e. The van der Waals surface area contributed by atoms with Crippen molar-refractivity contribution in [2.75, 3.05) is 18.8 Å². The third-order valence-corrected chi connectivity index (χ3v) is 6.62. The fourth-order valence-corrected chi connectivity index (χ4v) is 5.26. The molecule has 1 aromatic heterocycles. The van der Waals surface area contributed by atoms with Crippen molar-refractivity contribution in [2.24, 2.45) is 0 Å². The first-order valence-corrected chi connectivity index (χ1v) is 10.1. The highest BCUT2D eigenvalue weighted by molar-refractivity contribution is 7.91. The Bertz CT molecular complexity index is 900. The SMILES string of the molecule is O=C(NC1CS(=O)(=O)c2ccccc21)c1ccn(C2CCCNC2)n1. The largest absolute Gasteiger partial charge is 0.343 e. The van der Waals surface area contributed by atoms with E-state index in [1.165, 1.54) is 0 Å². The fraction of sp³-hybridized carbons (Fsp3) is 0.412. The second-order valence-corrected chi connectivity index (χ2v) is 8.53. The van der Waals surface area contributed by atoms with Gasteiger partial charge in [0, 0.05) is 12.7 Å². The van der Waals surface area contributed by atoms with E-state index >= 15 is 0 Å². The number of hydrogen-bond acceptors (Lipinski definition) is 5. The van der Waals surface area contributed by atoms with E-state index < -0.39 is 15.9 Å². The van der Waals surface area contributed by atoms with Crippen molar-refractivity contribution in [1.82, 2.24) is 20.4 Å². The monoisotopic (exact) mass is 360 g/mol. The number of nitrogens with one attached hydrogen (secondary N) is 2. The van der Waals surface area contributed by atoms with E-state index in [2.05, 4.69) is 15.7 Å². The summed E-state index contributed by atoms with van der Waals surface area (Å²) in [7, 11) is -3.34. The Morgan fingerprint density at radius 2 is 2.12 bits per heavy atom. The zero-order chi connectivity index (χ0) is 17.4. The van der Waals surface area contributed by atoms with Gasteiger partial charge in [0.15, 0.2) is 9.84 Å². The molecule has 2 atom stereocenters. The van der Waals surface area contributed by atoms with E-state index in [1.54, 1.807) is 30.3 Å². The Labute approximate surface area is 146 Å². The number of carbonyl (C=O) groups excluding carboxylic acids is 1. The molecule has 1 saturated heterocycles. The van der Waals surface area contributed by atoms with Gasteiger partial charge in [-0.2, -0.15) is 5.10 Å². The topological polar surface area (TPSA) is 93.1 Å². The molecule has 0 radical (unpaired) electrons. The number of hydrogen-bond donors (Lipinski definition) is 2. The average Bonchev–Trinajstić information content (AvgIpc) is 3.20. The number of fused-ring (bicyclic) bond motifs is 1. The van der Waals surface area contributed by atoms with Gasteiger partial charge in [0.05, 0.1) is 22.7 Å². The van der Waals surface area contributed by atoms with Crippen LogP contribution in [0.4, 0.5) is 0 Å². The molecule has 2 N–H and O–H groups in total. The molecule has 2 aliphatic heterocycles. The average molecular weight is 360 g/mol. The molecule has 2 aliphatic rings. The van der Waals surface area contributed by atoms with Crippen LogP contribution in [-0.4, -0.2) is 42.9 Å². The highest BCUT2D eigenvalue weighted by Gasteiger charge is 2.35. The summed E-state index contributed by atoms with van der Waals surface area (Å²) >= 11 is 0. The van der Waals surface area contributed by atoms with Crippen LogP contribution in [0.3, 0.4) is 0 Å². The normalized spacial score (nSPS) is 24.6. The lowest BCUT2D eigenvalue weighted by Gasteiger charge is -2.22. The zero-order valence-electron chi connectivity index (χ0n) is 13.7. The molecule has 1 aromatic carbocycles. The third-order valence-electron chi connectivity index (χ3n) is 4.81. The van der Waals surface area contributed by atoms with Gasteiger partial charge in [-0.05, 0) is 37.1 Å². The van der Waals surface area contributed by atoms with Gasteiger partial charge in [-0.15, -0.1) is 0 Å². The van der Waals surface area contributed by atoms with Crippen LogP contribution in [0.5, 0.6) is 0 Å². The van der Waals surface area contributed by atoms with Gasteiger partial charge in [-0.25, -0.2) is 8.42 Å². The molecule has 1 amide bonds. The molecule has 0 saturated carbocycles. The van der Waals surface area contributed by atoms with Gasteiger partial charge < -0.3 is 10.6 Å². The number of nitrogens with zero attached hydrogens (tertiary/aromatic N) is 2. The van der Waals surface area contributed by atoms with Crippen molar-refractivity contribution >= 4 is 15.7 Å². The molecule has 25 heavy (non-hydrogen) atoms. The van der Waals surface area contributed by atoms with E-state index in [0.717, 1.165) is 25.9 Å². The summed E-state index contributed by atoms with van der Waals surface area (Å²) < 4.78 is 26.2. The van der Waals surface area contributed by atoms with Crippen molar-refractivity contribution in [1.29, 1.82) is 0 Å². The van der Waals surface area contributed by atoms with E-state index in [4.69, 9.17) is 0 Å². The second kappa shape index (κ2) is 6.27. The van der Waals surface area contributed by atoms with Crippen molar-refractivity contribution in [3.8, 4) is 0 Å². The molecule has 1 fully saturated rings. The minimum atomic E-state index is -3.34. The van der Waals surface area contributed by atoms with Gasteiger partial charge in [0.25, 0.3) is 5.91 Å². The molecule has 3 heterocycles. The van der Waals surface area contributed by atoms with Crippen LogP contribution in [0.15, 0.2) is 41.4 Å². The number of sulfone groups is 1. The second-order valence-electron chi connectivity index (χ2n) is 6.53. The molecule has 2 aromatic rings. The van der Waals surface area contributed by atoms with Crippen molar-refractivity contribution in [3.05, 3.63) is 47.8 Å². The lowest BCUT2D eigenvalue weighted by atomic mass is 10.1. The minimum absolute atomic E-state index is 0.106. The first kappa shape index (κ1) is 16.3. The summed E-state index contributed by atoms with van der Waals surface area (Å²) in [5.41, 5.74) is 0.958. The molecular formula is C17H20N4O3S. The van der Waals surface area contributed by atoms with Crippen molar-refractivity contribution in [2.45, 2.75) is 29.8 Å². The Balaban J connectivity index is 1.51. The Morgan fingerprint density at radius 3 is 2.92 bits per heavy atom. The summed E-state index contributed by atoms with van der Waals surface area (Å²) in [6, 6.07) is 8.21. The minimum Gasteiger partial charge on any atom is -0.343 e. The maximum absolute atomic E-state index is 12.5. The third kappa shape index (κ3) is 3.07. The molecule has 2 unspecified atom stereocenters. The highest BCUT2D eigenvalue weighted by atomic mass is 32.2. The van der Waals surface area contributed by atoms with Gasteiger partial charge in [0.2, 0.25) is 0 Å². The first-order valence-electron chi connectivity index (χ1n) is 8.43. The number of piperidine rings is 1. The van der Waals surface area contributed by atoms with E-state index in [-0.39, 0.29) is 17.7 Å². The highest BCUT2D eigenvalue weighted by Crippen LogP contribution is 2.33. The maximum atomic E-state index is 12.5. The van der Waals surface area contributed by atoms with Gasteiger partial charge in [-0.1, -0.05) is 18.2 Å². The molecule has 132 valence electrons. The van der Waals surface area contributed by atoms with Crippen LogP contribution in [-0.2, 0) is 9.84 Å². The molecule has 7 nitrogen and oxygen atoms in total. The number of rotatable bonds is 3. The molecule has 0 bridgehead atoms. The summed E-state index contributed by atoms with van der Waals surface area (Å²) in [6.45, 7) is 1.86.